The van der Waals surface area contributed by atoms with Gasteiger partial charge in [0.15, 0.2) is 15.8 Å². The van der Waals surface area contributed by atoms with Gasteiger partial charge >= 0.3 is 0 Å². The summed E-state index contributed by atoms with van der Waals surface area (Å²) in [6.07, 6.45) is 1.72. The smallest absolute Gasteiger partial charge is 0.270 e. The number of ether oxygens (including phenoxy) is 2. The number of hydrogen-bond donors (Lipinski definition) is 0. The van der Waals surface area contributed by atoms with Gasteiger partial charge in [-0.3, -0.25) is 9.69 Å². The average Bonchev–Trinajstić information content (AvgIpc) is 3.11. The van der Waals surface area contributed by atoms with Crippen LogP contribution in [-0.4, -0.2) is 29.7 Å². The second kappa shape index (κ2) is 10.9. The molecule has 0 saturated carbocycles. The Bertz CT molecular complexity index is 1200. The maximum Gasteiger partial charge on any atom is 0.270 e. The fourth-order valence-corrected chi connectivity index (χ4v) is 5.22. The molecule has 0 bridgehead atoms. The molecule has 8 heteroatoms. The lowest BCUT2D eigenvalue weighted by molar-refractivity contribution is -0.113. The van der Waals surface area contributed by atoms with Gasteiger partial charge in [-0.2, -0.15) is 0 Å². The number of carbonyl (C=O) groups is 1. The van der Waals surface area contributed by atoms with Crippen LogP contribution in [0, 0.1) is 5.82 Å². The van der Waals surface area contributed by atoms with E-state index < -0.39 is 5.82 Å². The summed E-state index contributed by atoms with van der Waals surface area (Å²) in [6, 6.07) is 21.7. The molecule has 33 heavy (non-hydrogen) atoms. The first kappa shape index (κ1) is 23.4. The Morgan fingerprint density at radius 2 is 1.82 bits per heavy atom. The minimum Gasteiger partial charge on any atom is -0.493 e. The zero-order valence-corrected chi connectivity index (χ0v) is 20.1. The van der Waals surface area contributed by atoms with E-state index in [0.29, 0.717) is 27.3 Å². The van der Waals surface area contributed by atoms with E-state index in [4.69, 9.17) is 21.7 Å². The fraction of sp³-hybridized carbons (Fsp3) is 0.120. The summed E-state index contributed by atoms with van der Waals surface area (Å²) in [5.74, 6) is 1.14. The highest BCUT2D eigenvalue weighted by Gasteiger charge is 2.34. The van der Waals surface area contributed by atoms with Gasteiger partial charge in [0.2, 0.25) is 0 Å². The molecule has 1 saturated heterocycles. The van der Waals surface area contributed by atoms with Crippen molar-refractivity contribution >= 4 is 57.7 Å². The van der Waals surface area contributed by atoms with Crippen LogP contribution in [0.5, 0.6) is 11.5 Å². The van der Waals surface area contributed by atoms with Gasteiger partial charge in [-0.15, -0.1) is 11.8 Å². The quantitative estimate of drug-likeness (QED) is 0.155. The van der Waals surface area contributed by atoms with Gasteiger partial charge in [0.1, 0.15) is 5.82 Å². The third-order valence-electron chi connectivity index (χ3n) is 4.73. The second-order valence-corrected chi connectivity index (χ2v) is 9.73. The molecule has 0 N–H and O–H groups in total. The highest BCUT2D eigenvalue weighted by Crippen LogP contribution is 2.38. The Morgan fingerprint density at radius 3 is 2.58 bits per heavy atom. The molecule has 1 aliphatic heterocycles. The molecule has 3 aromatic carbocycles. The number of nitrogens with zero attached hydrogens (tertiary/aromatic N) is 1. The SMILES string of the molecule is COc1cc(/C=C2\SC(=S)N(c3ccccc3F)C2=O)ccc1OCCSc1ccccc1. The second-order valence-electron chi connectivity index (χ2n) is 6.89. The molecule has 4 rings (SSSR count). The van der Waals surface area contributed by atoms with E-state index in [1.54, 1.807) is 43.1 Å². The standard InChI is InChI=1S/C25H20FNO3S3/c1-29-22-15-17(11-12-21(22)30-13-14-32-18-7-3-2-4-8-18)16-23-24(28)27(25(31)33-23)20-10-6-5-9-19(20)26/h2-12,15-16H,13-14H2,1H3/b23-16-. The minimum atomic E-state index is -0.497. The summed E-state index contributed by atoms with van der Waals surface area (Å²) < 4.78 is 25.9. The van der Waals surface area contributed by atoms with Gasteiger partial charge in [-0.05, 0) is 48.0 Å². The highest BCUT2D eigenvalue weighted by molar-refractivity contribution is 8.27. The van der Waals surface area contributed by atoms with Crippen molar-refractivity contribution in [3.05, 3.63) is 89.1 Å². The van der Waals surface area contributed by atoms with Gasteiger partial charge in [0.05, 0.1) is 24.3 Å². The van der Waals surface area contributed by atoms with E-state index in [1.165, 1.54) is 21.9 Å². The predicted octanol–water partition coefficient (Wildman–Crippen LogP) is 6.41. The monoisotopic (exact) mass is 497 g/mol. The fourth-order valence-electron chi connectivity index (χ4n) is 3.18. The van der Waals surface area contributed by atoms with Crippen LogP contribution >= 0.6 is 35.7 Å². The summed E-state index contributed by atoms with van der Waals surface area (Å²) in [4.78, 5) is 15.7. The van der Waals surface area contributed by atoms with Crippen molar-refractivity contribution in [3.63, 3.8) is 0 Å². The van der Waals surface area contributed by atoms with Crippen molar-refractivity contribution in [2.24, 2.45) is 0 Å². The number of thiocarbonyl (C=S) groups is 1. The van der Waals surface area contributed by atoms with Gasteiger partial charge in [-0.25, -0.2) is 4.39 Å². The molecule has 3 aromatic rings. The molecule has 0 radical (unpaired) electrons. The van der Waals surface area contributed by atoms with Crippen LogP contribution in [0.2, 0.25) is 0 Å². The number of rotatable bonds is 8. The molecule has 0 spiro atoms. The summed E-state index contributed by atoms with van der Waals surface area (Å²) in [7, 11) is 1.57. The largest absolute Gasteiger partial charge is 0.493 e. The lowest BCUT2D eigenvalue weighted by atomic mass is 10.2. The molecule has 1 amide bonds. The number of amides is 1. The molecule has 0 aliphatic carbocycles. The maximum absolute atomic E-state index is 14.2. The van der Waals surface area contributed by atoms with Gasteiger partial charge < -0.3 is 9.47 Å². The van der Waals surface area contributed by atoms with Crippen LogP contribution in [0.4, 0.5) is 10.1 Å². The number of hydrogen-bond acceptors (Lipinski definition) is 6. The zero-order chi connectivity index (χ0) is 23.2. The Kier molecular flexibility index (Phi) is 7.69. The van der Waals surface area contributed by atoms with Crippen molar-refractivity contribution in [2.45, 2.75) is 4.90 Å². The zero-order valence-electron chi connectivity index (χ0n) is 17.7. The molecule has 0 atom stereocenters. The third kappa shape index (κ3) is 5.58. The van der Waals surface area contributed by atoms with Crippen molar-refractivity contribution in [1.82, 2.24) is 0 Å². The van der Waals surface area contributed by atoms with E-state index >= 15 is 0 Å². The van der Waals surface area contributed by atoms with Crippen LogP contribution in [0.15, 0.2) is 82.6 Å². The number of halogens is 1. The van der Waals surface area contributed by atoms with Crippen molar-refractivity contribution in [2.75, 3.05) is 24.4 Å². The topological polar surface area (TPSA) is 38.8 Å². The van der Waals surface area contributed by atoms with E-state index in [0.717, 1.165) is 23.1 Å². The summed E-state index contributed by atoms with van der Waals surface area (Å²) in [5.41, 5.74) is 0.907. The summed E-state index contributed by atoms with van der Waals surface area (Å²) >= 11 is 8.19. The van der Waals surface area contributed by atoms with Crippen LogP contribution in [0.3, 0.4) is 0 Å². The number of anilines is 1. The normalized spacial score (nSPS) is 14.7. The Hall–Kier alpha value is -2.81. The lowest BCUT2D eigenvalue weighted by Gasteiger charge is -2.15. The highest BCUT2D eigenvalue weighted by atomic mass is 32.2. The van der Waals surface area contributed by atoms with Gasteiger partial charge in [0, 0.05) is 10.6 Å². The van der Waals surface area contributed by atoms with Gasteiger partial charge in [0.25, 0.3) is 5.91 Å². The van der Waals surface area contributed by atoms with E-state index in [-0.39, 0.29) is 11.6 Å². The number of carbonyl (C=O) groups excluding carboxylic acids is 1. The molecule has 0 aromatic heterocycles. The lowest BCUT2D eigenvalue weighted by Crippen LogP contribution is -2.28. The Labute approximate surface area is 205 Å². The van der Waals surface area contributed by atoms with Crippen molar-refractivity contribution in [3.8, 4) is 11.5 Å². The van der Waals surface area contributed by atoms with Gasteiger partial charge in [-0.1, -0.05) is 60.4 Å². The van der Waals surface area contributed by atoms with E-state index in [2.05, 4.69) is 12.1 Å². The number of benzene rings is 3. The molecule has 1 aliphatic rings. The molecule has 1 heterocycles. The van der Waals surface area contributed by atoms with Crippen LogP contribution in [0.1, 0.15) is 5.56 Å². The summed E-state index contributed by atoms with van der Waals surface area (Å²) in [5, 5.41) is 0. The first-order chi connectivity index (χ1) is 16.1. The predicted molar refractivity (Wildman–Crippen MR) is 138 cm³/mol. The Balaban J connectivity index is 1.44. The van der Waals surface area contributed by atoms with Crippen molar-refractivity contribution in [1.29, 1.82) is 0 Å². The van der Waals surface area contributed by atoms with Crippen molar-refractivity contribution < 1.29 is 18.7 Å². The molecular formula is C25H20FNO3S3. The molecule has 1 fully saturated rings. The van der Waals surface area contributed by atoms with Crippen LogP contribution in [0.25, 0.3) is 6.08 Å². The van der Waals surface area contributed by atoms with Crippen LogP contribution < -0.4 is 14.4 Å². The van der Waals surface area contributed by atoms with E-state index in [1.807, 2.05) is 30.3 Å². The average molecular weight is 498 g/mol. The first-order valence-electron chi connectivity index (χ1n) is 10.1. The summed E-state index contributed by atoms with van der Waals surface area (Å²) in [6.45, 7) is 0.524. The minimum absolute atomic E-state index is 0.151. The van der Waals surface area contributed by atoms with Crippen LogP contribution in [-0.2, 0) is 4.79 Å². The number of thioether (sulfide) groups is 2. The van der Waals surface area contributed by atoms with E-state index in [9.17, 15) is 9.18 Å². The third-order valence-corrected chi connectivity index (χ3v) is 7.00. The molecule has 4 nitrogen and oxygen atoms in total. The molecule has 168 valence electrons. The molecule has 0 unspecified atom stereocenters. The molecular weight excluding hydrogens is 477 g/mol. The Morgan fingerprint density at radius 1 is 1.06 bits per heavy atom. The maximum atomic E-state index is 14.2. The first-order valence-corrected chi connectivity index (χ1v) is 12.3. The number of methoxy groups -OCH3 is 1. The number of para-hydroxylation sites is 1.